The Morgan fingerprint density at radius 3 is 2.37 bits per heavy atom. The van der Waals surface area contributed by atoms with Gasteiger partial charge in [0.2, 0.25) is 0 Å². The number of hydrogen-bond donors (Lipinski definition) is 2. The predicted octanol–water partition coefficient (Wildman–Crippen LogP) is 5.37. The van der Waals surface area contributed by atoms with Crippen LogP contribution < -0.4 is 5.73 Å². The fourth-order valence-corrected chi connectivity index (χ4v) is 3.71. The lowest BCUT2D eigenvalue weighted by atomic mass is 9.95. The van der Waals surface area contributed by atoms with Crippen molar-refractivity contribution in [3.63, 3.8) is 0 Å². The fourth-order valence-electron chi connectivity index (χ4n) is 3.71. The summed E-state index contributed by atoms with van der Waals surface area (Å²) in [6.45, 7) is 1.99. The largest absolute Gasteiger partial charge is 0.324 e. The molecular formula is C25H21N5. The summed E-state index contributed by atoms with van der Waals surface area (Å²) in [4.78, 5) is 9.67. The molecule has 0 fully saturated rings. The van der Waals surface area contributed by atoms with Crippen molar-refractivity contribution in [2.24, 2.45) is 5.73 Å². The molecule has 5 heteroatoms. The van der Waals surface area contributed by atoms with Crippen LogP contribution in [0.5, 0.6) is 0 Å². The zero-order valence-corrected chi connectivity index (χ0v) is 16.6. The standard InChI is InChI=1S/C25H21N5/c1-16(26)17-7-9-19(10-8-17)25-21(18-5-3-2-4-6-18)13-22-23(30-25)11-12-27-24(22)20-14-28-29-15-20/h2-16H,26H2,1H3,(H,28,29)/t16-/m1/s1. The summed E-state index contributed by atoms with van der Waals surface area (Å²) in [6.07, 6.45) is 5.43. The van der Waals surface area contributed by atoms with Gasteiger partial charge < -0.3 is 5.73 Å². The monoisotopic (exact) mass is 391 g/mol. The van der Waals surface area contributed by atoms with Crippen LogP contribution in [-0.4, -0.2) is 20.2 Å². The van der Waals surface area contributed by atoms with Crippen LogP contribution in [0.2, 0.25) is 0 Å². The Hall–Kier alpha value is -3.83. The zero-order valence-electron chi connectivity index (χ0n) is 16.6. The first-order valence-electron chi connectivity index (χ1n) is 9.91. The molecule has 0 aliphatic carbocycles. The minimum atomic E-state index is 0.000740. The van der Waals surface area contributed by atoms with Crippen LogP contribution in [-0.2, 0) is 0 Å². The van der Waals surface area contributed by atoms with Crippen molar-refractivity contribution >= 4 is 10.9 Å². The lowest BCUT2D eigenvalue weighted by molar-refractivity contribution is 0.818. The quantitative estimate of drug-likeness (QED) is 0.431. The van der Waals surface area contributed by atoms with Gasteiger partial charge in [-0.25, -0.2) is 4.98 Å². The van der Waals surface area contributed by atoms with Gasteiger partial charge in [-0.05, 0) is 30.2 Å². The first-order chi connectivity index (χ1) is 14.7. The molecule has 0 saturated carbocycles. The molecule has 0 saturated heterocycles. The first-order valence-corrected chi connectivity index (χ1v) is 9.91. The van der Waals surface area contributed by atoms with Gasteiger partial charge in [0.1, 0.15) is 0 Å². The molecule has 5 aromatic rings. The Morgan fingerprint density at radius 1 is 0.867 bits per heavy atom. The number of H-pyrrole nitrogens is 1. The normalized spacial score (nSPS) is 12.2. The Kier molecular flexibility index (Phi) is 4.58. The average Bonchev–Trinajstić information content (AvgIpc) is 3.33. The molecule has 0 amide bonds. The summed E-state index contributed by atoms with van der Waals surface area (Å²) in [6, 6.07) is 22.8. The Balaban J connectivity index is 1.77. The van der Waals surface area contributed by atoms with Crippen molar-refractivity contribution < 1.29 is 0 Å². The van der Waals surface area contributed by atoms with Crippen molar-refractivity contribution in [1.29, 1.82) is 0 Å². The molecule has 0 aliphatic heterocycles. The van der Waals surface area contributed by atoms with Gasteiger partial charge in [-0.15, -0.1) is 0 Å². The minimum absolute atomic E-state index is 0.000740. The number of aromatic amines is 1. The van der Waals surface area contributed by atoms with E-state index in [4.69, 9.17) is 10.7 Å². The molecule has 3 aromatic heterocycles. The number of pyridine rings is 2. The van der Waals surface area contributed by atoms with Gasteiger partial charge in [0.05, 0.1) is 23.1 Å². The molecule has 0 aliphatic rings. The number of fused-ring (bicyclic) bond motifs is 1. The minimum Gasteiger partial charge on any atom is -0.324 e. The molecule has 5 nitrogen and oxygen atoms in total. The van der Waals surface area contributed by atoms with Gasteiger partial charge in [-0.3, -0.25) is 10.1 Å². The van der Waals surface area contributed by atoms with Gasteiger partial charge >= 0.3 is 0 Å². The Morgan fingerprint density at radius 2 is 1.67 bits per heavy atom. The number of benzene rings is 2. The second-order valence-corrected chi connectivity index (χ2v) is 7.37. The van der Waals surface area contributed by atoms with E-state index in [1.165, 1.54) is 0 Å². The van der Waals surface area contributed by atoms with Crippen LogP contribution in [0.3, 0.4) is 0 Å². The summed E-state index contributed by atoms with van der Waals surface area (Å²) in [5, 5.41) is 7.94. The SMILES string of the molecule is C[C@@H](N)c1ccc(-c2nc3ccnc(-c4cn[nH]c4)c3cc2-c2ccccc2)cc1. The van der Waals surface area contributed by atoms with Crippen LogP contribution in [0, 0.1) is 0 Å². The van der Waals surface area contributed by atoms with Gasteiger partial charge in [0, 0.05) is 40.5 Å². The summed E-state index contributed by atoms with van der Waals surface area (Å²) in [7, 11) is 0. The van der Waals surface area contributed by atoms with E-state index in [-0.39, 0.29) is 6.04 Å². The maximum atomic E-state index is 6.03. The van der Waals surface area contributed by atoms with Crippen molar-refractivity contribution in [3.05, 3.63) is 90.9 Å². The third-order valence-electron chi connectivity index (χ3n) is 5.31. The van der Waals surface area contributed by atoms with Crippen molar-refractivity contribution in [2.45, 2.75) is 13.0 Å². The summed E-state index contributed by atoms with van der Waals surface area (Å²) in [5.74, 6) is 0. The number of nitrogens with two attached hydrogens (primary N) is 1. The molecule has 146 valence electrons. The summed E-state index contributed by atoms with van der Waals surface area (Å²) < 4.78 is 0. The number of nitrogens with zero attached hydrogens (tertiary/aromatic N) is 3. The van der Waals surface area contributed by atoms with Gasteiger partial charge in [-0.1, -0.05) is 54.6 Å². The maximum absolute atomic E-state index is 6.03. The second kappa shape index (κ2) is 7.54. The Bertz CT molecular complexity index is 1290. The molecule has 2 aromatic carbocycles. The smallest absolute Gasteiger partial charge is 0.0827 e. The molecule has 0 spiro atoms. The number of nitrogens with one attached hydrogen (secondary N) is 1. The molecule has 0 radical (unpaired) electrons. The molecule has 3 N–H and O–H groups in total. The highest BCUT2D eigenvalue weighted by molar-refractivity contribution is 5.98. The summed E-state index contributed by atoms with van der Waals surface area (Å²) >= 11 is 0. The van der Waals surface area contributed by atoms with E-state index in [1.54, 1.807) is 12.4 Å². The van der Waals surface area contributed by atoms with Crippen molar-refractivity contribution in [1.82, 2.24) is 20.2 Å². The number of hydrogen-bond acceptors (Lipinski definition) is 4. The van der Waals surface area contributed by atoms with E-state index in [0.717, 1.165) is 50.1 Å². The third kappa shape index (κ3) is 3.25. The lowest BCUT2D eigenvalue weighted by Gasteiger charge is -2.14. The van der Waals surface area contributed by atoms with Crippen LogP contribution in [0.1, 0.15) is 18.5 Å². The van der Waals surface area contributed by atoms with Crippen molar-refractivity contribution in [2.75, 3.05) is 0 Å². The molecule has 3 heterocycles. The molecule has 5 rings (SSSR count). The van der Waals surface area contributed by atoms with Gasteiger partial charge in [0.15, 0.2) is 0 Å². The maximum Gasteiger partial charge on any atom is 0.0827 e. The van der Waals surface area contributed by atoms with Crippen molar-refractivity contribution in [3.8, 4) is 33.6 Å². The lowest BCUT2D eigenvalue weighted by Crippen LogP contribution is -2.04. The van der Waals surface area contributed by atoms with Crippen LogP contribution in [0.4, 0.5) is 0 Å². The highest BCUT2D eigenvalue weighted by Gasteiger charge is 2.15. The number of rotatable bonds is 4. The second-order valence-electron chi connectivity index (χ2n) is 7.37. The third-order valence-corrected chi connectivity index (χ3v) is 5.31. The van der Waals surface area contributed by atoms with E-state index in [2.05, 4.69) is 57.6 Å². The summed E-state index contributed by atoms with van der Waals surface area (Å²) in [5.41, 5.74) is 14.0. The molecule has 1 atom stereocenters. The van der Waals surface area contributed by atoms with Gasteiger partial charge in [0.25, 0.3) is 0 Å². The van der Waals surface area contributed by atoms with E-state index >= 15 is 0 Å². The molecule has 0 unspecified atom stereocenters. The highest BCUT2D eigenvalue weighted by Crippen LogP contribution is 2.36. The topological polar surface area (TPSA) is 80.5 Å². The average molecular weight is 391 g/mol. The van der Waals surface area contributed by atoms with Crippen LogP contribution in [0.15, 0.2) is 85.3 Å². The van der Waals surface area contributed by atoms with Gasteiger partial charge in [-0.2, -0.15) is 5.10 Å². The van der Waals surface area contributed by atoms with E-state index in [9.17, 15) is 0 Å². The van der Waals surface area contributed by atoms with E-state index < -0.39 is 0 Å². The molecule has 30 heavy (non-hydrogen) atoms. The van der Waals surface area contributed by atoms with E-state index in [0.29, 0.717) is 0 Å². The highest BCUT2D eigenvalue weighted by atomic mass is 15.1. The Labute approximate surface area is 174 Å². The number of aromatic nitrogens is 4. The van der Waals surface area contributed by atoms with Crippen LogP contribution in [0.25, 0.3) is 44.5 Å². The molecular weight excluding hydrogens is 370 g/mol. The van der Waals surface area contributed by atoms with E-state index in [1.807, 2.05) is 37.4 Å². The predicted molar refractivity (Wildman–Crippen MR) is 121 cm³/mol. The fraction of sp³-hybridized carbons (Fsp3) is 0.0800. The van der Waals surface area contributed by atoms with Crippen LogP contribution >= 0.6 is 0 Å². The first kappa shape index (κ1) is 18.2. The molecule has 0 bridgehead atoms. The zero-order chi connectivity index (χ0) is 20.5.